The van der Waals surface area contributed by atoms with E-state index in [1.165, 1.54) is 0 Å². The maximum absolute atomic E-state index is 5.65. The highest BCUT2D eigenvalue weighted by Crippen LogP contribution is 2.35. The molecule has 2 aliphatic heterocycles. The summed E-state index contributed by atoms with van der Waals surface area (Å²) < 4.78 is 11.2. The highest BCUT2D eigenvalue weighted by atomic mass is 16.6. The summed E-state index contributed by atoms with van der Waals surface area (Å²) >= 11 is 0. The monoisotopic (exact) mass is 184 g/mol. The Labute approximate surface area is 77.9 Å². The average molecular weight is 184 g/mol. The van der Waals surface area contributed by atoms with Crippen LogP contribution in [0.25, 0.3) is 0 Å². The van der Waals surface area contributed by atoms with Crippen LogP contribution in [-0.4, -0.2) is 32.0 Å². The van der Waals surface area contributed by atoms with Crippen LogP contribution in [0.3, 0.4) is 0 Å². The first-order valence-electron chi connectivity index (χ1n) is 4.61. The van der Waals surface area contributed by atoms with E-state index in [9.17, 15) is 0 Å². The molecule has 2 heterocycles. The summed E-state index contributed by atoms with van der Waals surface area (Å²) in [7, 11) is 0. The highest BCUT2D eigenvalue weighted by Gasteiger charge is 2.47. The van der Waals surface area contributed by atoms with Gasteiger partial charge in [-0.15, -0.1) is 0 Å². The third-order valence-corrected chi connectivity index (χ3v) is 2.93. The summed E-state index contributed by atoms with van der Waals surface area (Å²) in [6, 6.07) is 0. The number of hydrogen-bond acceptors (Lipinski definition) is 4. The molecule has 2 rings (SSSR count). The van der Waals surface area contributed by atoms with Crippen LogP contribution in [0.15, 0.2) is 12.3 Å². The first-order valence-corrected chi connectivity index (χ1v) is 4.61. The Morgan fingerprint density at radius 1 is 1.31 bits per heavy atom. The molecule has 4 heteroatoms. The van der Waals surface area contributed by atoms with Crippen LogP contribution in [0.2, 0.25) is 0 Å². The van der Waals surface area contributed by atoms with Gasteiger partial charge in [0.2, 0.25) is 0 Å². The Morgan fingerprint density at radius 2 is 2.00 bits per heavy atom. The van der Waals surface area contributed by atoms with Crippen molar-refractivity contribution >= 4 is 0 Å². The van der Waals surface area contributed by atoms with Crippen molar-refractivity contribution in [3.8, 4) is 0 Å². The minimum atomic E-state index is 0.0889. The largest absolute Gasteiger partial charge is 0.402 e. The van der Waals surface area contributed by atoms with E-state index in [2.05, 4.69) is 6.58 Å². The summed E-state index contributed by atoms with van der Waals surface area (Å²) in [5, 5.41) is 0. The molecular formula is C9H16N2O2. The maximum atomic E-state index is 5.65. The summed E-state index contributed by atoms with van der Waals surface area (Å²) in [4.78, 5) is 0. The van der Waals surface area contributed by atoms with Crippen LogP contribution in [0.5, 0.6) is 0 Å². The number of ether oxygens (including phenoxy) is 2. The van der Waals surface area contributed by atoms with Gasteiger partial charge >= 0.3 is 0 Å². The van der Waals surface area contributed by atoms with Gasteiger partial charge in [0.1, 0.15) is 0 Å². The molecule has 0 bridgehead atoms. The quantitative estimate of drug-likeness (QED) is 0.604. The minimum Gasteiger partial charge on any atom is -0.402 e. The zero-order valence-corrected chi connectivity index (χ0v) is 7.61. The average Bonchev–Trinajstić information content (AvgIpc) is 2.61. The van der Waals surface area contributed by atoms with Crippen molar-refractivity contribution in [1.29, 1.82) is 0 Å². The van der Waals surface area contributed by atoms with E-state index in [4.69, 9.17) is 20.9 Å². The van der Waals surface area contributed by atoms with Crippen LogP contribution < -0.4 is 11.5 Å². The van der Waals surface area contributed by atoms with Gasteiger partial charge in [0, 0.05) is 11.6 Å². The molecule has 4 nitrogen and oxygen atoms in total. The van der Waals surface area contributed by atoms with Crippen LogP contribution in [-0.2, 0) is 9.47 Å². The zero-order chi connectivity index (χ0) is 9.42. The number of fused-ring (bicyclic) bond motifs is 1. The molecule has 0 aromatic carbocycles. The third-order valence-electron chi connectivity index (χ3n) is 2.93. The van der Waals surface area contributed by atoms with Gasteiger partial charge in [0.15, 0.2) is 0 Å². The number of nitrogens with two attached hydrogens (primary N) is 2. The lowest BCUT2D eigenvalue weighted by atomic mass is 9.95. The van der Waals surface area contributed by atoms with Crippen molar-refractivity contribution in [1.82, 2.24) is 0 Å². The molecule has 4 atom stereocenters. The molecule has 0 aromatic rings. The molecule has 0 radical (unpaired) electrons. The minimum absolute atomic E-state index is 0.0889. The van der Waals surface area contributed by atoms with Crippen LogP contribution >= 0.6 is 0 Å². The van der Waals surface area contributed by atoms with Crippen molar-refractivity contribution in [2.45, 2.75) is 12.2 Å². The van der Waals surface area contributed by atoms with E-state index in [-0.39, 0.29) is 18.1 Å². The van der Waals surface area contributed by atoms with Gasteiger partial charge in [0.05, 0.1) is 31.3 Å². The normalized spacial score (nSPS) is 43.5. The fourth-order valence-corrected chi connectivity index (χ4v) is 2.10. The Hall–Kier alpha value is -0.580. The highest BCUT2D eigenvalue weighted by molar-refractivity contribution is 5.07. The fraction of sp³-hybridized carbons (Fsp3) is 0.778. The van der Waals surface area contributed by atoms with E-state index >= 15 is 0 Å². The number of rotatable bonds is 2. The molecule has 74 valence electrons. The molecule has 0 aromatic heterocycles. The van der Waals surface area contributed by atoms with Crippen LogP contribution in [0.4, 0.5) is 0 Å². The maximum Gasteiger partial charge on any atom is 0.0945 e. The van der Waals surface area contributed by atoms with Gasteiger partial charge in [-0.1, -0.05) is 6.58 Å². The SMILES string of the molecule is C=C(N)[C@H]1COC2C1OC[C@@H]2CN. The van der Waals surface area contributed by atoms with Crippen molar-refractivity contribution in [3.63, 3.8) is 0 Å². The molecule has 0 saturated carbocycles. The van der Waals surface area contributed by atoms with Gasteiger partial charge in [-0.05, 0) is 6.54 Å². The van der Waals surface area contributed by atoms with E-state index in [0.717, 1.165) is 0 Å². The van der Waals surface area contributed by atoms with Crippen molar-refractivity contribution in [3.05, 3.63) is 12.3 Å². The predicted octanol–water partition coefficient (Wildman–Crippen LogP) is -0.552. The Kier molecular flexibility index (Phi) is 2.27. The van der Waals surface area contributed by atoms with E-state index in [0.29, 0.717) is 31.4 Å². The summed E-state index contributed by atoms with van der Waals surface area (Å²) in [6.07, 6.45) is 0.223. The second-order valence-corrected chi connectivity index (χ2v) is 3.77. The number of hydrogen-bond donors (Lipinski definition) is 2. The van der Waals surface area contributed by atoms with Gasteiger partial charge < -0.3 is 20.9 Å². The molecule has 4 N–H and O–H groups in total. The molecule has 2 fully saturated rings. The van der Waals surface area contributed by atoms with Gasteiger partial charge in [-0.2, -0.15) is 0 Å². The van der Waals surface area contributed by atoms with Gasteiger partial charge in [-0.3, -0.25) is 0 Å². The molecule has 0 spiro atoms. The van der Waals surface area contributed by atoms with Crippen LogP contribution in [0, 0.1) is 11.8 Å². The van der Waals surface area contributed by atoms with Crippen molar-refractivity contribution < 1.29 is 9.47 Å². The smallest absolute Gasteiger partial charge is 0.0945 e. The van der Waals surface area contributed by atoms with Gasteiger partial charge in [0.25, 0.3) is 0 Å². The van der Waals surface area contributed by atoms with Crippen LogP contribution in [0.1, 0.15) is 0 Å². The standard InChI is InChI=1S/C9H16N2O2/c1-5(11)7-4-13-8-6(2-10)3-12-9(7)8/h6-9H,1-4,10-11H2/t6-,7+,8?,9?/m0/s1. The summed E-state index contributed by atoms with van der Waals surface area (Å²) in [5.74, 6) is 0.482. The Balaban J connectivity index is 2.07. The topological polar surface area (TPSA) is 70.5 Å². The second-order valence-electron chi connectivity index (χ2n) is 3.77. The molecular weight excluding hydrogens is 168 g/mol. The van der Waals surface area contributed by atoms with Gasteiger partial charge in [-0.25, -0.2) is 0 Å². The second kappa shape index (κ2) is 3.29. The first kappa shape index (κ1) is 8.99. The first-order chi connectivity index (χ1) is 6.24. The third kappa shape index (κ3) is 1.35. The van der Waals surface area contributed by atoms with Crippen molar-refractivity contribution in [2.75, 3.05) is 19.8 Å². The lowest BCUT2D eigenvalue weighted by Gasteiger charge is -2.15. The Bertz CT molecular complexity index is 220. The lowest BCUT2D eigenvalue weighted by molar-refractivity contribution is 0.0627. The van der Waals surface area contributed by atoms with E-state index in [1.807, 2.05) is 0 Å². The fourth-order valence-electron chi connectivity index (χ4n) is 2.10. The Morgan fingerprint density at radius 3 is 2.62 bits per heavy atom. The molecule has 0 aliphatic carbocycles. The summed E-state index contributed by atoms with van der Waals surface area (Å²) in [5.41, 5.74) is 11.9. The molecule has 2 saturated heterocycles. The molecule has 2 unspecified atom stereocenters. The van der Waals surface area contributed by atoms with Crippen molar-refractivity contribution in [2.24, 2.45) is 23.3 Å². The summed E-state index contributed by atoms with van der Waals surface area (Å²) in [6.45, 7) is 5.67. The molecule has 0 amide bonds. The van der Waals surface area contributed by atoms with E-state index < -0.39 is 0 Å². The molecule has 2 aliphatic rings. The predicted molar refractivity (Wildman–Crippen MR) is 48.8 cm³/mol. The lowest BCUT2D eigenvalue weighted by Crippen LogP contribution is -2.31. The van der Waals surface area contributed by atoms with E-state index in [1.54, 1.807) is 0 Å². The zero-order valence-electron chi connectivity index (χ0n) is 7.61. The molecule has 13 heavy (non-hydrogen) atoms.